The van der Waals surface area contributed by atoms with Crippen molar-refractivity contribution >= 4 is 32.7 Å². The predicted octanol–water partition coefficient (Wildman–Crippen LogP) is 4.11. The lowest BCUT2D eigenvalue weighted by Gasteiger charge is -2.32. The van der Waals surface area contributed by atoms with Crippen LogP contribution in [0.4, 0.5) is 5.82 Å². The molecule has 4 heteroatoms. The van der Waals surface area contributed by atoms with Crippen molar-refractivity contribution in [3.8, 4) is 6.07 Å². The lowest BCUT2D eigenvalue weighted by atomic mass is 10.00. The summed E-state index contributed by atoms with van der Waals surface area (Å²) < 4.78 is 0.975. The van der Waals surface area contributed by atoms with Crippen LogP contribution >= 0.6 is 15.9 Å². The van der Waals surface area contributed by atoms with Crippen LogP contribution in [0.2, 0.25) is 0 Å². The molecular formula is C16H16BrN3. The number of rotatable bonds is 1. The maximum Gasteiger partial charge on any atom is 0.130 e. The fourth-order valence-electron chi connectivity index (χ4n) is 2.84. The molecule has 1 aromatic carbocycles. The number of halogens is 1. The normalized spacial score (nSPS) is 19.1. The summed E-state index contributed by atoms with van der Waals surface area (Å²) in [6.45, 7) is 4.33. The van der Waals surface area contributed by atoms with E-state index >= 15 is 0 Å². The van der Waals surface area contributed by atoms with Crippen molar-refractivity contribution in [1.82, 2.24) is 4.98 Å². The van der Waals surface area contributed by atoms with Gasteiger partial charge in [-0.05, 0) is 43.0 Å². The lowest BCUT2D eigenvalue weighted by molar-refractivity contribution is 0.445. The summed E-state index contributed by atoms with van der Waals surface area (Å²) in [6, 6.07) is 10.1. The molecule has 0 spiro atoms. The molecule has 0 aliphatic carbocycles. The molecule has 0 amide bonds. The van der Waals surface area contributed by atoms with E-state index in [4.69, 9.17) is 4.98 Å². The molecule has 3 rings (SSSR count). The van der Waals surface area contributed by atoms with Crippen molar-refractivity contribution < 1.29 is 0 Å². The molecule has 2 heterocycles. The van der Waals surface area contributed by atoms with Gasteiger partial charge in [0.2, 0.25) is 0 Å². The third kappa shape index (κ3) is 2.51. The van der Waals surface area contributed by atoms with Crippen LogP contribution in [-0.2, 0) is 0 Å². The van der Waals surface area contributed by atoms with Crippen LogP contribution in [0.15, 0.2) is 28.7 Å². The van der Waals surface area contributed by atoms with Gasteiger partial charge < -0.3 is 4.90 Å². The van der Waals surface area contributed by atoms with Crippen LogP contribution in [0.1, 0.15) is 25.3 Å². The molecule has 3 nitrogen and oxygen atoms in total. The molecule has 0 saturated carbocycles. The topological polar surface area (TPSA) is 39.9 Å². The summed E-state index contributed by atoms with van der Waals surface area (Å²) in [5, 5.41) is 10.3. The zero-order valence-electron chi connectivity index (χ0n) is 11.4. The van der Waals surface area contributed by atoms with E-state index in [2.05, 4.69) is 33.8 Å². The van der Waals surface area contributed by atoms with Crippen molar-refractivity contribution in [2.75, 3.05) is 18.0 Å². The Balaban J connectivity index is 2.09. The zero-order valence-corrected chi connectivity index (χ0v) is 13.0. The van der Waals surface area contributed by atoms with Gasteiger partial charge in [-0.25, -0.2) is 4.98 Å². The fraction of sp³-hybridized carbons (Fsp3) is 0.375. The van der Waals surface area contributed by atoms with Crippen molar-refractivity contribution in [1.29, 1.82) is 5.26 Å². The molecule has 1 fully saturated rings. The number of aromatic nitrogens is 1. The van der Waals surface area contributed by atoms with E-state index in [1.54, 1.807) is 0 Å². The summed E-state index contributed by atoms with van der Waals surface area (Å²) in [5.41, 5.74) is 1.59. The van der Waals surface area contributed by atoms with Crippen LogP contribution in [0.3, 0.4) is 0 Å². The van der Waals surface area contributed by atoms with E-state index < -0.39 is 0 Å². The quantitative estimate of drug-likeness (QED) is 0.790. The van der Waals surface area contributed by atoms with Gasteiger partial charge in [-0.1, -0.05) is 22.9 Å². The summed E-state index contributed by atoms with van der Waals surface area (Å²) in [5.74, 6) is 1.62. The van der Waals surface area contributed by atoms with Crippen LogP contribution < -0.4 is 4.90 Å². The number of pyridine rings is 1. The van der Waals surface area contributed by atoms with Gasteiger partial charge >= 0.3 is 0 Å². The van der Waals surface area contributed by atoms with E-state index in [1.165, 1.54) is 12.8 Å². The average Bonchev–Trinajstić information content (AvgIpc) is 2.46. The number of benzene rings is 1. The number of nitriles is 1. The number of nitrogens with zero attached hydrogens (tertiary/aromatic N) is 3. The van der Waals surface area contributed by atoms with Crippen LogP contribution in [0.25, 0.3) is 10.9 Å². The van der Waals surface area contributed by atoms with E-state index in [0.717, 1.165) is 34.3 Å². The minimum absolute atomic E-state index is 0.691. The SMILES string of the molecule is CC1CCCN(c2cc(C#N)c3cc(Br)ccc3n2)C1. The number of piperidine rings is 1. The van der Waals surface area contributed by atoms with Crippen LogP contribution in [-0.4, -0.2) is 18.1 Å². The maximum atomic E-state index is 9.39. The van der Waals surface area contributed by atoms with E-state index in [1.807, 2.05) is 24.3 Å². The van der Waals surface area contributed by atoms with E-state index in [0.29, 0.717) is 11.5 Å². The molecular weight excluding hydrogens is 314 g/mol. The van der Waals surface area contributed by atoms with Gasteiger partial charge in [-0.3, -0.25) is 0 Å². The molecule has 2 aromatic rings. The highest BCUT2D eigenvalue weighted by Gasteiger charge is 2.19. The first kappa shape index (κ1) is 13.4. The van der Waals surface area contributed by atoms with Gasteiger partial charge in [0, 0.05) is 22.9 Å². The standard InChI is InChI=1S/C16H16BrN3/c1-11-3-2-6-20(10-11)16-7-12(9-18)14-8-13(17)4-5-15(14)19-16/h4-5,7-8,11H,2-3,6,10H2,1H3. The molecule has 1 atom stereocenters. The molecule has 102 valence electrons. The second-order valence-electron chi connectivity index (χ2n) is 5.49. The number of fused-ring (bicyclic) bond motifs is 1. The van der Waals surface area contributed by atoms with Crippen molar-refractivity contribution in [2.45, 2.75) is 19.8 Å². The van der Waals surface area contributed by atoms with Crippen molar-refractivity contribution in [3.05, 3.63) is 34.3 Å². The first-order valence-corrected chi connectivity index (χ1v) is 7.72. The molecule has 0 radical (unpaired) electrons. The fourth-order valence-corrected chi connectivity index (χ4v) is 3.20. The molecule has 1 aliphatic heterocycles. The van der Waals surface area contributed by atoms with Gasteiger partial charge in [0.05, 0.1) is 17.1 Å². The molecule has 1 unspecified atom stereocenters. The third-order valence-electron chi connectivity index (χ3n) is 3.86. The lowest BCUT2D eigenvalue weighted by Crippen LogP contribution is -2.34. The van der Waals surface area contributed by atoms with Gasteiger partial charge in [-0.2, -0.15) is 5.26 Å². The molecule has 0 bridgehead atoms. The van der Waals surface area contributed by atoms with Crippen molar-refractivity contribution in [3.63, 3.8) is 0 Å². The molecule has 0 N–H and O–H groups in total. The first-order valence-electron chi connectivity index (χ1n) is 6.93. The summed E-state index contributed by atoms with van der Waals surface area (Å²) in [7, 11) is 0. The zero-order chi connectivity index (χ0) is 14.1. The number of hydrogen-bond donors (Lipinski definition) is 0. The Kier molecular flexibility index (Phi) is 3.62. The number of anilines is 1. The van der Waals surface area contributed by atoms with Gasteiger partial charge in [0.1, 0.15) is 5.82 Å². The third-order valence-corrected chi connectivity index (χ3v) is 4.35. The van der Waals surface area contributed by atoms with Gasteiger partial charge in [-0.15, -0.1) is 0 Å². The highest BCUT2D eigenvalue weighted by Crippen LogP contribution is 2.27. The monoisotopic (exact) mass is 329 g/mol. The predicted molar refractivity (Wildman–Crippen MR) is 84.8 cm³/mol. The second kappa shape index (κ2) is 5.41. The number of hydrogen-bond acceptors (Lipinski definition) is 3. The highest BCUT2D eigenvalue weighted by atomic mass is 79.9. The Morgan fingerprint density at radius 2 is 2.25 bits per heavy atom. The van der Waals surface area contributed by atoms with Crippen molar-refractivity contribution in [2.24, 2.45) is 5.92 Å². The van der Waals surface area contributed by atoms with Crippen LogP contribution in [0, 0.1) is 17.2 Å². The van der Waals surface area contributed by atoms with Gasteiger partial charge in [0.25, 0.3) is 0 Å². The minimum atomic E-state index is 0.691. The maximum absolute atomic E-state index is 9.39. The summed E-state index contributed by atoms with van der Waals surface area (Å²) in [4.78, 5) is 7.04. The Morgan fingerprint density at radius 3 is 3.00 bits per heavy atom. The molecule has 1 saturated heterocycles. The largest absolute Gasteiger partial charge is 0.356 e. The summed E-state index contributed by atoms with van der Waals surface area (Å²) >= 11 is 3.45. The average molecular weight is 330 g/mol. The van der Waals surface area contributed by atoms with E-state index in [9.17, 15) is 5.26 Å². The molecule has 1 aromatic heterocycles. The Bertz CT molecular complexity index is 690. The Labute approximate surface area is 127 Å². The van der Waals surface area contributed by atoms with E-state index in [-0.39, 0.29) is 0 Å². The molecule has 1 aliphatic rings. The van der Waals surface area contributed by atoms with Crippen LogP contribution in [0.5, 0.6) is 0 Å². The Morgan fingerprint density at radius 1 is 1.40 bits per heavy atom. The second-order valence-corrected chi connectivity index (χ2v) is 6.41. The smallest absolute Gasteiger partial charge is 0.130 e. The van der Waals surface area contributed by atoms with Gasteiger partial charge in [0.15, 0.2) is 0 Å². The first-order chi connectivity index (χ1) is 9.67. The molecule has 20 heavy (non-hydrogen) atoms. The highest BCUT2D eigenvalue weighted by molar-refractivity contribution is 9.10. The minimum Gasteiger partial charge on any atom is -0.356 e. The Hall–Kier alpha value is -1.60. The summed E-state index contributed by atoms with van der Waals surface area (Å²) in [6.07, 6.45) is 2.48.